The van der Waals surface area contributed by atoms with E-state index < -0.39 is 0 Å². The second-order valence-corrected chi connectivity index (χ2v) is 6.86. The van der Waals surface area contributed by atoms with Gasteiger partial charge in [-0.25, -0.2) is 0 Å². The number of oxime groups is 1. The van der Waals surface area contributed by atoms with E-state index in [0.717, 1.165) is 12.1 Å². The van der Waals surface area contributed by atoms with Gasteiger partial charge < -0.3 is 5.21 Å². The highest BCUT2D eigenvalue weighted by Gasteiger charge is 2.52. The van der Waals surface area contributed by atoms with Gasteiger partial charge in [0.15, 0.2) is 0 Å². The lowest BCUT2D eigenvalue weighted by Crippen LogP contribution is -2.49. The van der Waals surface area contributed by atoms with Crippen molar-refractivity contribution in [2.24, 2.45) is 11.1 Å². The van der Waals surface area contributed by atoms with Crippen LogP contribution >= 0.6 is 0 Å². The Kier molecular flexibility index (Phi) is 2.87. The summed E-state index contributed by atoms with van der Waals surface area (Å²) < 4.78 is 0. The molecule has 2 fully saturated rings. The van der Waals surface area contributed by atoms with Gasteiger partial charge in [-0.15, -0.1) is 0 Å². The Labute approximate surface area is 120 Å². The molecule has 2 heteroatoms. The molecule has 1 spiro atoms. The minimum absolute atomic E-state index is 0.271. The Hall–Kier alpha value is -1.31. The lowest BCUT2D eigenvalue weighted by Gasteiger charge is -2.52. The van der Waals surface area contributed by atoms with Crippen molar-refractivity contribution in [3.05, 3.63) is 35.4 Å². The molecule has 3 aliphatic carbocycles. The quantitative estimate of drug-likeness (QED) is 0.541. The van der Waals surface area contributed by atoms with Gasteiger partial charge in [0.2, 0.25) is 0 Å². The minimum atomic E-state index is 0.271. The standard InChI is InChI=1S/C18H23NO/c20-19-17-14-8-6-10-16(17)18(11-4-1-5-12-18)15-9-3-2-7-13(14)15/h2-3,7,9,14,16,20H,1,4-6,8,10-12H2/b19-17-. The summed E-state index contributed by atoms with van der Waals surface area (Å²) in [4.78, 5) is 0. The Morgan fingerprint density at radius 3 is 2.60 bits per heavy atom. The zero-order chi connectivity index (χ0) is 13.6. The van der Waals surface area contributed by atoms with Crippen molar-refractivity contribution in [3.8, 4) is 0 Å². The number of hydrogen-bond acceptors (Lipinski definition) is 2. The summed E-state index contributed by atoms with van der Waals surface area (Å²) in [6.07, 6.45) is 10.2. The Morgan fingerprint density at radius 1 is 1.00 bits per heavy atom. The van der Waals surface area contributed by atoms with Crippen molar-refractivity contribution in [1.82, 2.24) is 0 Å². The molecular formula is C18H23NO. The highest BCUT2D eigenvalue weighted by Crippen LogP contribution is 2.56. The van der Waals surface area contributed by atoms with Crippen molar-refractivity contribution in [1.29, 1.82) is 0 Å². The maximum atomic E-state index is 9.62. The third-order valence-electron chi connectivity index (χ3n) is 6.10. The average Bonchev–Trinajstić information content (AvgIpc) is 2.54. The van der Waals surface area contributed by atoms with Crippen LogP contribution in [0, 0.1) is 5.92 Å². The van der Waals surface area contributed by atoms with E-state index in [1.807, 2.05) is 0 Å². The molecule has 4 rings (SSSR count). The van der Waals surface area contributed by atoms with E-state index in [-0.39, 0.29) is 5.41 Å². The topological polar surface area (TPSA) is 32.6 Å². The average molecular weight is 269 g/mol. The first-order chi connectivity index (χ1) is 9.87. The molecule has 2 atom stereocenters. The lowest BCUT2D eigenvalue weighted by atomic mass is 9.51. The van der Waals surface area contributed by atoms with E-state index >= 15 is 0 Å². The number of rotatable bonds is 0. The zero-order valence-corrected chi connectivity index (χ0v) is 12.0. The van der Waals surface area contributed by atoms with E-state index in [1.54, 1.807) is 5.56 Å². The van der Waals surface area contributed by atoms with E-state index in [9.17, 15) is 5.21 Å². The predicted octanol–water partition coefficient (Wildman–Crippen LogP) is 4.62. The Balaban J connectivity index is 1.95. The van der Waals surface area contributed by atoms with Crippen LogP contribution in [0.2, 0.25) is 0 Å². The molecule has 2 unspecified atom stereocenters. The van der Waals surface area contributed by atoms with Gasteiger partial charge in [-0.2, -0.15) is 0 Å². The molecule has 2 nitrogen and oxygen atoms in total. The summed E-state index contributed by atoms with van der Waals surface area (Å²) in [5.74, 6) is 0.865. The van der Waals surface area contributed by atoms with Crippen LogP contribution in [-0.2, 0) is 5.41 Å². The first-order valence-electron chi connectivity index (χ1n) is 8.18. The smallest absolute Gasteiger partial charge is 0.0685 e. The molecule has 0 radical (unpaired) electrons. The van der Waals surface area contributed by atoms with E-state index in [2.05, 4.69) is 29.4 Å². The summed E-state index contributed by atoms with van der Waals surface area (Å²) in [6.45, 7) is 0. The molecule has 2 bridgehead atoms. The summed E-state index contributed by atoms with van der Waals surface area (Å²) >= 11 is 0. The molecule has 0 aromatic heterocycles. The molecule has 20 heavy (non-hydrogen) atoms. The fraction of sp³-hybridized carbons (Fsp3) is 0.611. The fourth-order valence-corrected chi connectivity index (χ4v) is 5.32. The molecule has 1 aromatic rings. The molecule has 0 amide bonds. The fourth-order valence-electron chi connectivity index (χ4n) is 5.32. The van der Waals surface area contributed by atoms with E-state index in [0.29, 0.717) is 11.8 Å². The third-order valence-corrected chi connectivity index (χ3v) is 6.10. The first-order valence-corrected chi connectivity index (χ1v) is 8.18. The molecule has 0 heterocycles. The normalized spacial score (nSPS) is 33.1. The number of hydrogen-bond donors (Lipinski definition) is 1. The van der Waals surface area contributed by atoms with Crippen molar-refractivity contribution >= 4 is 5.71 Å². The van der Waals surface area contributed by atoms with E-state index in [1.165, 1.54) is 50.5 Å². The number of fused-ring (bicyclic) bond motifs is 6. The molecule has 0 aliphatic heterocycles. The molecule has 2 saturated carbocycles. The second-order valence-electron chi connectivity index (χ2n) is 6.86. The second kappa shape index (κ2) is 4.61. The van der Waals surface area contributed by atoms with Crippen LogP contribution in [-0.4, -0.2) is 10.9 Å². The van der Waals surface area contributed by atoms with Crippen LogP contribution in [0.5, 0.6) is 0 Å². The molecule has 3 aliphatic rings. The molecule has 1 aromatic carbocycles. The maximum Gasteiger partial charge on any atom is 0.0685 e. The Morgan fingerprint density at radius 2 is 1.80 bits per heavy atom. The van der Waals surface area contributed by atoms with Crippen LogP contribution in [0.3, 0.4) is 0 Å². The van der Waals surface area contributed by atoms with Gasteiger partial charge in [0, 0.05) is 17.3 Å². The van der Waals surface area contributed by atoms with Gasteiger partial charge in [0.1, 0.15) is 0 Å². The number of nitrogens with zero attached hydrogens (tertiary/aromatic N) is 1. The van der Waals surface area contributed by atoms with Gasteiger partial charge in [-0.1, -0.05) is 55.1 Å². The molecule has 106 valence electrons. The SMILES string of the molecule is O/N=C1/C2CCCC1C1(CCCCC1)c1ccccc12. The van der Waals surface area contributed by atoms with Gasteiger partial charge in [-0.05, 0) is 36.8 Å². The minimum Gasteiger partial charge on any atom is -0.411 e. The summed E-state index contributed by atoms with van der Waals surface area (Å²) in [7, 11) is 0. The van der Waals surface area contributed by atoms with Crippen molar-refractivity contribution < 1.29 is 5.21 Å². The van der Waals surface area contributed by atoms with E-state index in [4.69, 9.17) is 0 Å². The van der Waals surface area contributed by atoms with Gasteiger partial charge in [0.05, 0.1) is 5.71 Å². The van der Waals surface area contributed by atoms with Gasteiger partial charge in [-0.3, -0.25) is 0 Å². The van der Waals surface area contributed by atoms with Crippen LogP contribution in [0.1, 0.15) is 68.4 Å². The van der Waals surface area contributed by atoms with Crippen molar-refractivity contribution in [2.75, 3.05) is 0 Å². The monoisotopic (exact) mass is 269 g/mol. The van der Waals surface area contributed by atoms with Crippen LogP contribution in [0.4, 0.5) is 0 Å². The summed E-state index contributed by atoms with van der Waals surface area (Å²) in [5.41, 5.74) is 4.41. The van der Waals surface area contributed by atoms with Gasteiger partial charge >= 0.3 is 0 Å². The highest BCUT2D eigenvalue weighted by atomic mass is 16.4. The maximum absolute atomic E-state index is 9.62. The molecule has 1 N–H and O–H groups in total. The van der Waals surface area contributed by atoms with Crippen LogP contribution in [0.15, 0.2) is 29.4 Å². The largest absolute Gasteiger partial charge is 0.411 e. The van der Waals surface area contributed by atoms with Crippen LogP contribution < -0.4 is 0 Å². The summed E-state index contributed by atoms with van der Waals surface area (Å²) in [6, 6.07) is 8.99. The van der Waals surface area contributed by atoms with Crippen molar-refractivity contribution in [2.45, 2.75) is 62.7 Å². The lowest BCUT2D eigenvalue weighted by molar-refractivity contribution is 0.191. The predicted molar refractivity (Wildman–Crippen MR) is 80.5 cm³/mol. The summed E-state index contributed by atoms with van der Waals surface area (Å²) in [5, 5.41) is 13.4. The van der Waals surface area contributed by atoms with Gasteiger partial charge in [0.25, 0.3) is 0 Å². The Bertz CT molecular complexity index is 542. The van der Waals surface area contributed by atoms with Crippen LogP contribution in [0.25, 0.3) is 0 Å². The molecular weight excluding hydrogens is 246 g/mol. The number of benzene rings is 1. The zero-order valence-electron chi connectivity index (χ0n) is 12.0. The van der Waals surface area contributed by atoms with Crippen molar-refractivity contribution in [3.63, 3.8) is 0 Å². The first kappa shape index (κ1) is 12.4. The third kappa shape index (κ3) is 1.54. The highest BCUT2D eigenvalue weighted by molar-refractivity contribution is 5.96. The molecule has 0 saturated heterocycles.